The molecule has 0 saturated heterocycles. The van der Waals surface area contributed by atoms with Crippen molar-refractivity contribution >= 4 is 5.69 Å². The molecule has 0 radical (unpaired) electrons. The molecule has 0 amide bonds. The molecule has 0 spiro atoms. The van der Waals surface area contributed by atoms with Crippen LogP contribution in [0.15, 0.2) is 18.2 Å². The average Bonchev–Trinajstić information content (AvgIpc) is 2.90. The van der Waals surface area contributed by atoms with Crippen molar-refractivity contribution in [1.29, 1.82) is 0 Å². The molecule has 1 saturated carbocycles. The lowest BCUT2D eigenvalue weighted by atomic mass is 9.67. The van der Waals surface area contributed by atoms with Crippen molar-refractivity contribution in [1.82, 2.24) is 20.2 Å². The number of nitrogens with zero attached hydrogens (tertiary/aromatic N) is 4. The monoisotopic (exact) mass is 287 g/mol. The van der Waals surface area contributed by atoms with E-state index in [9.17, 15) is 0 Å². The lowest BCUT2D eigenvalue weighted by molar-refractivity contribution is 0.0948. The second kappa shape index (κ2) is 5.35. The van der Waals surface area contributed by atoms with Crippen molar-refractivity contribution in [2.45, 2.75) is 39.2 Å². The van der Waals surface area contributed by atoms with Crippen LogP contribution >= 0.6 is 0 Å². The molecule has 1 aromatic heterocycles. The van der Waals surface area contributed by atoms with E-state index in [0.717, 1.165) is 24.4 Å². The maximum Gasteiger partial charge on any atom is 0.182 e. The van der Waals surface area contributed by atoms with Crippen LogP contribution in [-0.2, 0) is 6.54 Å². The molecule has 0 bridgehead atoms. The third-order valence-corrected chi connectivity index (χ3v) is 4.60. The maximum absolute atomic E-state index is 5.92. The normalized spacial score (nSPS) is 16.5. The molecule has 112 valence electrons. The van der Waals surface area contributed by atoms with Crippen LogP contribution in [0.3, 0.4) is 0 Å². The minimum absolute atomic E-state index is 0.356. The minimum atomic E-state index is 0.356. The van der Waals surface area contributed by atoms with Gasteiger partial charge in [-0.25, -0.2) is 4.68 Å². The molecular formula is C15H21N5O. The molecule has 1 aliphatic rings. The topological polar surface area (TPSA) is 78.9 Å². The Morgan fingerprint density at radius 2 is 2.14 bits per heavy atom. The molecule has 6 heteroatoms. The Morgan fingerprint density at radius 1 is 1.33 bits per heavy atom. The highest BCUT2D eigenvalue weighted by Gasteiger charge is 2.36. The maximum atomic E-state index is 5.92. The summed E-state index contributed by atoms with van der Waals surface area (Å²) in [5, 5.41) is 12.2. The summed E-state index contributed by atoms with van der Waals surface area (Å²) >= 11 is 0. The van der Waals surface area contributed by atoms with Crippen molar-refractivity contribution in [2.24, 2.45) is 5.41 Å². The molecular weight excluding hydrogens is 266 g/mol. The fourth-order valence-corrected chi connectivity index (χ4v) is 3.00. The highest BCUT2D eigenvalue weighted by Crippen LogP contribution is 2.45. The van der Waals surface area contributed by atoms with Gasteiger partial charge in [-0.05, 0) is 47.2 Å². The SMILES string of the molecule is CCC1(Cn2nnnc2-c2cc(N)cc(OC)c2)CCC1. The molecule has 1 fully saturated rings. The van der Waals surface area contributed by atoms with E-state index in [1.807, 2.05) is 16.8 Å². The lowest BCUT2D eigenvalue weighted by Gasteiger charge is -2.41. The van der Waals surface area contributed by atoms with Crippen molar-refractivity contribution < 1.29 is 4.74 Å². The molecule has 21 heavy (non-hydrogen) atoms. The predicted octanol–water partition coefficient (Wildman–Crippen LogP) is 2.51. The van der Waals surface area contributed by atoms with E-state index in [0.29, 0.717) is 16.9 Å². The van der Waals surface area contributed by atoms with Crippen LogP contribution in [0.4, 0.5) is 5.69 Å². The second-order valence-corrected chi connectivity index (χ2v) is 5.86. The van der Waals surface area contributed by atoms with Gasteiger partial charge in [0.2, 0.25) is 0 Å². The summed E-state index contributed by atoms with van der Waals surface area (Å²) in [4.78, 5) is 0. The van der Waals surface area contributed by atoms with Gasteiger partial charge in [0.25, 0.3) is 0 Å². The summed E-state index contributed by atoms with van der Waals surface area (Å²) in [5.74, 6) is 1.47. The number of aromatic nitrogens is 4. The first-order valence-corrected chi connectivity index (χ1v) is 7.37. The first kappa shape index (κ1) is 13.9. The van der Waals surface area contributed by atoms with Crippen LogP contribution in [0.25, 0.3) is 11.4 Å². The zero-order chi connectivity index (χ0) is 14.9. The standard InChI is InChI=1S/C15H21N5O/c1-3-15(5-4-6-15)10-20-14(17-18-19-20)11-7-12(16)9-13(8-11)21-2/h7-9H,3-6,10,16H2,1-2H3. The zero-order valence-electron chi connectivity index (χ0n) is 12.5. The molecule has 3 rings (SSSR count). The highest BCUT2D eigenvalue weighted by molar-refractivity contribution is 5.64. The second-order valence-electron chi connectivity index (χ2n) is 5.86. The Hall–Kier alpha value is -2.11. The van der Waals surface area contributed by atoms with Crippen LogP contribution in [0.5, 0.6) is 5.75 Å². The van der Waals surface area contributed by atoms with Crippen molar-refractivity contribution in [3.05, 3.63) is 18.2 Å². The third-order valence-electron chi connectivity index (χ3n) is 4.60. The molecule has 0 atom stereocenters. The van der Waals surface area contributed by atoms with E-state index in [1.165, 1.54) is 19.3 Å². The molecule has 1 aliphatic carbocycles. The fourth-order valence-electron chi connectivity index (χ4n) is 3.00. The Kier molecular flexibility index (Phi) is 3.53. The number of hydrogen-bond donors (Lipinski definition) is 1. The minimum Gasteiger partial charge on any atom is -0.497 e. The Morgan fingerprint density at radius 3 is 2.76 bits per heavy atom. The van der Waals surface area contributed by atoms with Gasteiger partial charge in [0.15, 0.2) is 5.82 Å². The number of nitrogens with two attached hydrogens (primary N) is 1. The Bertz CT molecular complexity index is 627. The van der Waals surface area contributed by atoms with Crippen LogP contribution in [0.2, 0.25) is 0 Å². The summed E-state index contributed by atoms with van der Waals surface area (Å²) < 4.78 is 7.17. The van der Waals surface area contributed by atoms with E-state index in [-0.39, 0.29) is 0 Å². The summed E-state index contributed by atoms with van der Waals surface area (Å²) in [6.45, 7) is 3.11. The largest absolute Gasteiger partial charge is 0.497 e. The number of methoxy groups -OCH3 is 1. The van der Waals surface area contributed by atoms with Gasteiger partial charge in [0.05, 0.1) is 13.7 Å². The molecule has 2 N–H and O–H groups in total. The van der Waals surface area contributed by atoms with Crippen LogP contribution < -0.4 is 10.5 Å². The summed E-state index contributed by atoms with van der Waals surface area (Å²) in [7, 11) is 1.63. The van der Waals surface area contributed by atoms with Crippen molar-refractivity contribution in [2.75, 3.05) is 12.8 Å². The number of nitrogen functional groups attached to an aromatic ring is 1. The molecule has 6 nitrogen and oxygen atoms in total. The van der Waals surface area contributed by atoms with E-state index in [1.54, 1.807) is 13.2 Å². The summed E-state index contributed by atoms with van der Waals surface area (Å²) in [5.41, 5.74) is 7.82. The smallest absolute Gasteiger partial charge is 0.182 e. The molecule has 0 unspecified atom stereocenters. The number of benzene rings is 1. The van der Waals surface area contributed by atoms with Gasteiger partial charge in [-0.3, -0.25) is 0 Å². The lowest BCUT2D eigenvalue weighted by Crippen LogP contribution is -2.34. The molecule has 2 aromatic rings. The zero-order valence-corrected chi connectivity index (χ0v) is 12.5. The van der Waals surface area contributed by atoms with E-state index in [2.05, 4.69) is 22.4 Å². The summed E-state index contributed by atoms with van der Waals surface area (Å²) in [6.07, 6.45) is 4.97. The van der Waals surface area contributed by atoms with Gasteiger partial charge >= 0.3 is 0 Å². The van der Waals surface area contributed by atoms with Gasteiger partial charge < -0.3 is 10.5 Å². The quantitative estimate of drug-likeness (QED) is 0.855. The van der Waals surface area contributed by atoms with E-state index >= 15 is 0 Å². The van der Waals surface area contributed by atoms with Crippen molar-refractivity contribution in [3.63, 3.8) is 0 Å². The van der Waals surface area contributed by atoms with E-state index < -0.39 is 0 Å². The number of anilines is 1. The van der Waals surface area contributed by atoms with Gasteiger partial charge in [0.1, 0.15) is 5.75 Å². The van der Waals surface area contributed by atoms with Crippen LogP contribution in [0, 0.1) is 5.41 Å². The third kappa shape index (κ3) is 2.57. The number of ether oxygens (including phenoxy) is 1. The summed E-state index contributed by atoms with van der Waals surface area (Å²) in [6, 6.07) is 5.58. The van der Waals surface area contributed by atoms with Crippen molar-refractivity contribution in [3.8, 4) is 17.1 Å². The van der Waals surface area contributed by atoms with Gasteiger partial charge in [-0.1, -0.05) is 13.3 Å². The Labute approximate surface area is 124 Å². The first-order chi connectivity index (χ1) is 10.2. The number of hydrogen-bond acceptors (Lipinski definition) is 5. The average molecular weight is 287 g/mol. The number of rotatable bonds is 5. The number of tetrazole rings is 1. The molecule has 1 aromatic carbocycles. The van der Waals surface area contributed by atoms with E-state index in [4.69, 9.17) is 10.5 Å². The fraction of sp³-hybridized carbons (Fsp3) is 0.533. The van der Waals surface area contributed by atoms with Crippen LogP contribution in [0.1, 0.15) is 32.6 Å². The molecule has 0 aliphatic heterocycles. The van der Waals surface area contributed by atoms with Gasteiger partial charge in [0, 0.05) is 17.3 Å². The predicted molar refractivity (Wildman–Crippen MR) is 80.8 cm³/mol. The van der Waals surface area contributed by atoms with Crippen LogP contribution in [-0.4, -0.2) is 27.3 Å². The Balaban J connectivity index is 1.93. The van der Waals surface area contributed by atoms with Gasteiger partial charge in [-0.2, -0.15) is 0 Å². The molecule has 1 heterocycles. The first-order valence-electron chi connectivity index (χ1n) is 7.37. The highest BCUT2D eigenvalue weighted by atomic mass is 16.5. The van der Waals surface area contributed by atoms with Gasteiger partial charge in [-0.15, -0.1) is 5.10 Å².